The van der Waals surface area contributed by atoms with Gasteiger partial charge in [0.1, 0.15) is 0 Å². The van der Waals surface area contributed by atoms with Crippen LogP contribution in [-0.2, 0) is 11.3 Å². The van der Waals surface area contributed by atoms with Gasteiger partial charge in [0.15, 0.2) is 11.0 Å². The Labute approximate surface area is 135 Å². The first-order valence-corrected chi connectivity index (χ1v) is 8.71. The summed E-state index contributed by atoms with van der Waals surface area (Å²) in [5.74, 6) is 0.639. The molecule has 2 rings (SSSR count). The van der Waals surface area contributed by atoms with Crippen LogP contribution in [0.1, 0.15) is 6.92 Å². The van der Waals surface area contributed by atoms with Crippen molar-refractivity contribution in [2.75, 3.05) is 5.75 Å². The Morgan fingerprint density at radius 1 is 1.53 bits per heavy atom. The van der Waals surface area contributed by atoms with Crippen LogP contribution in [0.2, 0.25) is 0 Å². The van der Waals surface area contributed by atoms with Crippen LogP contribution in [0, 0.1) is 0 Å². The lowest BCUT2D eigenvalue weighted by Gasteiger charge is -2.04. The quantitative estimate of drug-likeness (QED) is 0.746. The van der Waals surface area contributed by atoms with E-state index in [0.717, 1.165) is 25.5 Å². The van der Waals surface area contributed by atoms with Crippen molar-refractivity contribution < 1.29 is 4.79 Å². The Bertz CT molecular complexity index is 591. The van der Waals surface area contributed by atoms with Gasteiger partial charge < -0.3 is 10.3 Å². The maximum absolute atomic E-state index is 10.8. The number of thiophene rings is 1. The van der Waals surface area contributed by atoms with Crippen LogP contribution in [0.15, 0.2) is 19.5 Å². The Balaban J connectivity index is 2.33. The highest BCUT2D eigenvalue weighted by molar-refractivity contribution is 9.13. The van der Waals surface area contributed by atoms with E-state index in [0.29, 0.717) is 5.16 Å². The lowest BCUT2D eigenvalue weighted by molar-refractivity contribution is -0.115. The van der Waals surface area contributed by atoms with Gasteiger partial charge in [-0.25, -0.2) is 0 Å². The number of carbonyl (C=O) groups excluding carboxylic acids is 1. The lowest BCUT2D eigenvalue weighted by atomic mass is 10.4. The van der Waals surface area contributed by atoms with Crippen molar-refractivity contribution in [1.82, 2.24) is 14.8 Å². The van der Waals surface area contributed by atoms with Gasteiger partial charge in [0, 0.05) is 11.0 Å². The zero-order valence-electron chi connectivity index (χ0n) is 9.89. The van der Waals surface area contributed by atoms with Crippen molar-refractivity contribution in [3.8, 4) is 10.7 Å². The molecule has 0 aliphatic heterocycles. The minimum Gasteiger partial charge on any atom is -0.369 e. The standard InChI is InChI=1S/C10H10Br2N4OS2/c1-2-16-9(6-3-5(11)8(12)19-6)14-15-10(16)18-4-7(13)17/h3H,2,4H2,1H3,(H2,13,17). The first-order valence-electron chi connectivity index (χ1n) is 5.32. The van der Waals surface area contributed by atoms with Gasteiger partial charge in [-0.2, -0.15) is 0 Å². The minimum atomic E-state index is -0.362. The number of nitrogens with zero attached hydrogens (tertiary/aromatic N) is 3. The highest BCUT2D eigenvalue weighted by atomic mass is 79.9. The molecule has 0 aromatic carbocycles. The average Bonchev–Trinajstić information content (AvgIpc) is 2.90. The Morgan fingerprint density at radius 2 is 2.26 bits per heavy atom. The van der Waals surface area contributed by atoms with Gasteiger partial charge in [0.25, 0.3) is 0 Å². The van der Waals surface area contributed by atoms with Gasteiger partial charge in [-0.3, -0.25) is 4.79 Å². The molecule has 2 heterocycles. The molecule has 0 saturated carbocycles. The molecule has 102 valence electrons. The largest absolute Gasteiger partial charge is 0.369 e. The SMILES string of the molecule is CCn1c(SCC(N)=O)nnc1-c1cc(Br)c(Br)s1. The summed E-state index contributed by atoms with van der Waals surface area (Å²) < 4.78 is 3.97. The fraction of sp³-hybridized carbons (Fsp3) is 0.300. The van der Waals surface area contributed by atoms with Crippen LogP contribution in [0.3, 0.4) is 0 Å². The molecule has 0 saturated heterocycles. The van der Waals surface area contributed by atoms with Crippen molar-refractivity contribution in [3.05, 3.63) is 14.3 Å². The second-order valence-electron chi connectivity index (χ2n) is 3.54. The third kappa shape index (κ3) is 3.39. The van der Waals surface area contributed by atoms with Gasteiger partial charge in [-0.1, -0.05) is 11.8 Å². The van der Waals surface area contributed by atoms with Gasteiger partial charge in [-0.05, 0) is 44.8 Å². The first kappa shape index (κ1) is 15.0. The molecule has 0 spiro atoms. The molecule has 2 N–H and O–H groups in total. The molecule has 0 atom stereocenters. The van der Waals surface area contributed by atoms with Crippen LogP contribution in [-0.4, -0.2) is 26.4 Å². The highest BCUT2D eigenvalue weighted by Crippen LogP contribution is 2.38. The average molecular weight is 426 g/mol. The third-order valence-corrected chi connectivity index (χ3v) is 6.48. The van der Waals surface area contributed by atoms with E-state index in [4.69, 9.17) is 5.73 Å². The monoisotopic (exact) mass is 424 g/mol. The normalized spacial score (nSPS) is 10.9. The third-order valence-electron chi connectivity index (χ3n) is 2.24. The fourth-order valence-electron chi connectivity index (χ4n) is 1.46. The molecule has 0 radical (unpaired) electrons. The summed E-state index contributed by atoms with van der Waals surface area (Å²) in [5.41, 5.74) is 5.15. The second-order valence-corrected chi connectivity index (χ2v) is 7.70. The number of hydrogen-bond acceptors (Lipinski definition) is 5. The molecule has 2 aromatic rings. The molecular weight excluding hydrogens is 416 g/mol. The number of hydrogen-bond donors (Lipinski definition) is 1. The number of aromatic nitrogens is 3. The summed E-state index contributed by atoms with van der Waals surface area (Å²) in [4.78, 5) is 11.8. The van der Waals surface area contributed by atoms with Gasteiger partial charge >= 0.3 is 0 Å². The number of halogens is 2. The van der Waals surface area contributed by atoms with Crippen LogP contribution in [0.4, 0.5) is 0 Å². The van der Waals surface area contributed by atoms with E-state index in [1.807, 2.05) is 17.6 Å². The predicted octanol–water partition coefficient (Wildman–Crippen LogP) is 3.13. The van der Waals surface area contributed by atoms with Gasteiger partial charge in [-0.15, -0.1) is 21.5 Å². The summed E-state index contributed by atoms with van der Waals surface area (Å²) in [5, 5.41) is 9.02. The molecular formula is C10H10Br2N4OS2. The molecule has 0 bridgehead atoms. The van der Waals surface area contributed by atoms with Crippen molar-refractivity contribution in [2.24, 2.45) is 5.73 Å². The number of nitrogens with two attached hydrogens (primary N) is 1. The van der Waals surface area contributed by atoms with Crippen LogP contribution < -0.4 is 5.73 Å². The molecule has 19 heavy (non-hydrogen) atoms. The summed E-state index contributed by atoms with van der Waals surface area (Å²) >= 11 is 9.80. The molecule has 2 aromatic heterocycles. The molecule has 0 fully saturated rings. The Hall–Kier alpha value is -0.380. The molecule has 5 nitrogen and oxygen atoms in total. The van der Waals surface area contributed by atoms with Gasteiger partial charge in [0.2, 0.25) is 5.91 Å². The molecule has 9 heteroatoms. The van der Waals surface area contributed by atoms with E-state index in [9.17, 15) is 4.79 Å². The van der Waals surface area contributed by atoms with Crippen molar-refractivity contribution in [3.63, 3.8) is 0 Å². The fourth-order valence-corrected chi connectivity index (χ4v) is 4.23. The van der Waals surface area contributed by atoms with E-state index in [1.165, 1.54) is 11.8 Å². The number of amides is 1. The molecule has 0 unspecified atom stereocenters. The highest BCUT2D eigenvalue weighted by Gasteiger charge is 2.16. The van der Waals surface area contributed by atoms with Crippen LogP contribution in [0.25, 0.3) is 10.7 Å². The zero-order valence-corrected chi connectivity index (χ0v) is 14.7. The summed E-state index contributed by atoms with van der Waals surface area (Å²) in [6.07, 6.45) is 0. The Kier molecular flexibility index (Phi) is 5.04. The van der Waals surface area contributed by atoms with E-state index >= 15 is 0 Å². The summed E-state index contributed by atoms with van der Waals surface area (Å²) in [7, 11) is 0. The maximum atomic E-state index is 10.8. The number of carbonyl (C=O) groups is 1. The minimum absolute atomic E-state index is 0.204. The van der Waals surface area contributed by atoms with Crippen molar-refractivity contribution >= 4 is 60.9 Å². The lowest BCUT2D eigenvalue weighted by Crippen LogP contribution is -2.13. The zero-order chi connectivity index (χ0) is 14.0. The topological polar surface area (TPSA) is 73.8 Å². The second kappa shape index (κ2) is 6.38. The van der Waals surface area contributed by atoms with Gasteiger partial charge in [0.05, 0.1) is 14.4 Å². The number of rotatable bonds is 5. The van der Waals surface area contributed by atoms with E-state index in [1.54, 1.807) is 11.3 Å². The molecule has 0 aliphatic carbocycles. The predicted molar refractivity (Wildman–Crippen MR) is 84.3 cm³/mol. The summed E-state index contributed by atoms with van der Waals surface area (Å²) in [6.45, 7) is 2.75. The van der Waals surface area contributed by atoms with Crippen LogP contribution in [0.5, 0.6) is 0 Å². The van der Waals surface area contributed by atoms with E-state index in [2.05, 4.69) is 42.1 Å². The van der Waals surface area contributed by atoms with Crippen molar-refractivity contribution in [2.45, 2.75) is 18.6 Å². The summed E-state index contributed by atoms with van der Waals surface area (Å²) in [6, 6.07) is 1.99. The Morgan fingerprint density at radius 3 is 2.79 bits per heavy atom. The van der Waals surface area contributed by atoms with Crippen LogP contribution >= 0.6 is 55.0 Å². The smallest absolute Gasteiger partial charge is 0.227 e. The number of primary amides is 1. The van der Waals surface area contributed by atoms with E-state index < -0.39 is 0 Å². The van der Waals surface area contributed by atoms with Crippen molar-refractivity contribution in [1.29, 1.82) is 0 Å². The first-order chi connectivity index (χ1) is 9.02. The molecule has 1 amide bonds. The van der Waals surface area contributed by atoms with E-state index in [-0.39, 0.29) is 11.7 Å². The molecule has 0 aliphatic rings. The number of thioether (sulfide) groups is 1. The maximum Gasteiger partial charge on any atom is 0.227 e.